The molecule has 0 atom stereocenters. The second-order valence-corrected chi connectivity index (χ2v) is 13.1. The number of hydrogen-bond acceptors (Lipinski definition) is 4. The fraction of sp³-hybridized carbons (Fsp3) is 0.581. The molecular formula is C31H41N2O4S+. The van der Waals surface area contributed by atoms with Crippen LogP contribution in [0.1, 0.15) is 93.6 Å². The summed E-state index contributed by atoms with van der Waals surface area (Å²) in [7, 11) is 1.98. The van der Waals surface area contributed by atoms with Crippen molar-refractivity contribution in [1.82, 2.24) is 0 Å². The number of carbonyl (C=O) groups excluding carboxylic acids is 1. The molecule has 1 N–H and O–H groups in total. The van der Waals surface area contributed by atoms with Crippen LogP contribution in [0.15, 0.2) is 30.6 Å². The van der Waals surface area contributed by atoms with Gasteiger partial charge in [0.05, 0.1) is 16.7 Å². The number of aromatic carboxylic acids is 1. The van der Waals surface area contributed by atoms with Crippen LogP contribution in [0.3, 0.4) is 0 Å². The second kappa shape index (κ2) is 11.9. The molecule has 0 aromatic carbocycles. The number of carboxylic acids is 1. The average molecular weight is 538 g/mol. The second-order valence-electron chi connectivity index (χ2n) is 12.0. The van der Waals surface area contributed by atoms with Gasteiger partial charge in [0.15, 0.2) is 12.4 Å². The normalized spacial score (nSPS) is 23.7. The van der Waals surface area contributed by atoms with E-state index in [2.05, 4.69) is 18.8 Å². The monoisotopic (exact) mass is 537 g/mol. The molecule has 4 rings (SSSR count). The van der Waals surface area contributed by atoms with Crippen molar-refractivity contribution in [2.24, 2.45) is 24.3 Å². The number of aromatic nitrogens is 1. The number of carboxylic acid groups (broad SMARTS) is 1. The third-order valence-corrected chi connectivity index (χ3v) is 8.62. The molecule has 1 amide bonds. The number of thiophene rings is 1. The maximum atomic E-state index is 14.1. The molecule has 0 aliphatic heterocycles. The molecule has 0 bridgehead atoms. The fourth-order valence-corrected chi connectivity index (χ4v) is 6.24. The van der Waals surface area contributed by atoms with Gasteiger partial charge < -0.3 is 14.7 Å². The molecule has 0 unspecified atom stereocenters. The molecule has 2 aliphatic rings. The van der Waals surface area contributed by atoms with Crippen molar-refractivity contribution in [3.8, 4) is 17.6 Å². The summed E-state index contributed by atoms with van der Waals surface area (Å²) in [5, 5.41) is 10.1. The van der Waals surface area contributed by atoms with E-state index >= 15 is 0 Å². The van der Waals surface area contributed by atoms with Crippen molar-refractivity contribution in [3.05, 3.63) is 40.3 Å². The number of pyridine rings is 1. The zero-order chi connectivity index (χ0) is 27.4. The van der Waals surface area contributed by atoms with Crippen molar-refractivity contribution in [1.29, 1.82) is 0 Å². The van der Waals surface area contributed by atoms with E-state index in [1.165, 1.54) is 11.3 Å². The van der Waals surface area contributed by atoms with Crippen LogP contribution in [-0.4, -0.2) is 29.1 Å². The SMILES string of the molecule is CC1CCC(C(=O)N(c2cc(C#CC(C)(C)C)sc2C(=O)O)C2CCC(Oc3cc[n+](C)cc3)CC2)CC1. The zero-order valence-electron chi connectivity index (χ0n) is 23.3. The number of aryl methyl sites for hydroxylation is 1. The minimum atomic E-state index is -1.00. The number of rotatable bonds is 6. The van der Waals surface area contributed by atoms with Gasteiger partial charge in [-0.3, -0.25) is 4.79 Å². The lowest BCUT2D eigenvalue weighted by Crippen LogP contribution is -2.47. The van der Waals surface area contributed by atoms with Crippen molar-refractivity contribution in [3.63, 3.8) is 0 Å². The van der Waals surface area contributed by atoms with Gasteiger partial charge in [-0.25, -0.2) is 9.36 Å². The van der Waals surface area contributed by atoms with Crippen molar-refractivity contribution >= 4 is 28.9 Å². The highest BCUT2D eigenvalue weighted by Crippen LogP contribution is 2.39. The summed E-state index contributed by atoms with van der Waals surface area (Å²) in [4.78, 5) is 29.2. The molecule has 38 heavy (non-hydrogen) atoms. The summed E-state index contributed by atoms with van der Waals surface area (Å²) in [6, 6.07) is 5.72. The summed E-state index contributed by atoms with van der Waals surface area (Å²) in [5.41, 5.74) is 0.320. The van der Waals surface area contributed by atoms with Gasteiger partial charge in [0, 0.05) is 29.5 Å². The van der Waals surface area contributed by atoms with Gasteiger partial charge in [0.25, 0.3) is 0 Å². The highest BCUT2D eigenvalue weighted by Gasteiger charge is 2.37. The standard InChI is InChI=1S/C31H40N2O4S/c1-21-6-8-22(9-7-21)29(34)33(27-20-26(14-17-31(2,3)4)38-28(27)30(35)36)23-10-12-24(13-11-23)37-25-15-18-32(5)19-16-25/h15-16,18-24H,6-13H2,1-5H3/p+1. The first-order valence-electron chi connectivity index (χ1n) is 13.9. The van der Waals surface area contributed by atoms with E-state index < -0.39 is 5.97 Å². The third kappa shape index (κ3) is 7.17. The van der Waals surface area contributed by atoms with E-state index in [-0.39, 0.29) is 34.3 Å². The fourth-order valence-electron chi connectivity index (χ4n) is 5.40. The maximum Gasteiger partial charge on any atom is 0.348 e. The maximum absolute atomic E-state index is 14.1. The average Bonchev–Trinajstić information content (AvgIpc) is 3.30. The Morgan fingerprint density at radius 1 is 1.05 bits per heavy atom. The number of anilines is 1. The van der Waals surface area contributed by atoms with Crippen LogP contribution in [0.5, 0.6) is 5.75 Å². The predicted octanol–water partition coefficient (Wildman–Crippen LogP) is 6.22. The van der Waals surface area contributed by atoms with Crippen molar-refractivity contribution in [2.75, 3.05) is 4.90 Å². The van der Waals surface area contributed by atoms with E-state index in [9.17, 15) is 14.7 Å². The van der Waals surface area contributed by atoms with Gasteiger partial charge in [0.1, 0.15) is 17.7 Å². The van der Waals surface area contributed by atoms with Crippen LogP contribution in [0.4, 0.5) is 5.69 Å². The minimum absolute atomic E-state index is 0.0496. The Hall–Kier alpha value is -2.85. The topological polar surface area (TPSA) is 70.7 Å². The summed E-state index contributed by atoms with van der Waals surface area (Å²) < 4.78 is 8.21. The number of amides is 1. The molecule has 2 fully saturated rings. The van der Waals surface area contributed by atoms with Crippen LogP contribution < -0.4 is 14.2 Å². The number of carbonyl (C=O) groups is 2. The summed E-state index contributed by atoms with van der Waals surface area (Å²) in [6.07, 6.45) is 11.0. The molecule has 2 aliphatic carbocycles. The predicted molar refractivity (Wildman–Crippen MR) is 151 cm³/mol. The molecule has 6 nitrogen and oxygen atoms in total. The molecule has 2 saturated carbocycles. The Balaban J connectivity index is 1.60. The first kappa shape index (κ1) is 28.2. The lowest BCUT2D eigenvalue weighted by Gasteiger charge is -2.39. The largest absolute Gasteiger partial charge is 0.490 e. The van der Waals surface area contributed by atoms with E-state index in [0.717, 1.165) is 57.1 Å². The van der Waals surface area contributed by atoms with Crippen LogP contribution in [0.2, 0.25) is 0 Å². The summed E-state index contributed by atoms with van der Waals surface area (Å²) in [5.74, 6) is 6.88. The first-order chi connectivity index (χ1) is 18.0. The Kier molecular flexibility index (Phi) is 8.82. The van der Waals surface area contributed by atoms with Gasteiger partial charge >= 0.3 is 5.97 Å². The number of nitrogens with zero attached hydrogens (tertiary/aromatic N) is 2. The number of ether oxygens (including phenoxy) is 1. The van der Waals surface area contributed by atoms with Crippen LogP contribution in [-0.2, 0) is 11.8 Å². The molecule has 2 aromatic heterocycles. The van der Waals surface area contributed by atoms with E-state index in [1.807, 2.05) is 67.9 Å². The van der Waals surface area contributed by atoms with Gasteiger partial charge in [-0.15, -0.1) is 11.3 Å². The molecular weight excluding hydrogens is 496 g/mol. The zero-order valence-corrected chi connectivity index (χ0v) is 24.1. The van der Waals surface area contributed by atoms with Gasteiger partial charge in [0.2, 0.25) is 5.91 Å². The summed E-state index contributed by atoms with van der Waals surface area (Å²) in [6.45, 7) is 8.33. The van der Waals surface area contributed by atoms with E-state index in [0.29, 0.717) is 16.5 Å². The first-order valence-corrected chi connectivity index (χ1v) is 14.7. The number of hydrogen-bond donors (Lipinski definition) is 1. The smallest absolute Gasteiger partial charge is 0.348 e. The lowest BCUT2D eigenvalue weighted by atomic mass is 9.81. The Morgan fingerprint density at radius 3 is 2.26 bits per heavy atom. The molecule has 0 saturated heterocycles. The molecule has 2 aromatic rings. The summed E-state index contributed by atoms with van der Waals surface area (Å²) >= 11 is 1.17. The molecule has 204 valence electrons. The molecule has 2 heterocycles. The van der Waals surface area contributed by atoms with Gasteiger partial charge in [-0.1, -0.05) is 18.8 Å². The van der Waals surface area contributed by atoms with Crippen LogP contribution in [0, 0.1) is 29.1 Å². The van der Waals surface area contributed by atoms with Crippen LogP contribution in [0.25, 0.3) is 0 Å². The molecule has 0 radical (unpaired) electrons. The highest BCUT2D eigenvalue weighted by molar-refractivity contribution is 7.15. The minimum Gasteiger partial charge on any atom is -0.490 e. The van der Waals surface area contributed by atoms with E-state index in [1.54, 1.807) is 0 Å². The van der Waals surface area contributed by atoms with E-state index in [4.69, 9.17) is 4.74 Å². The van der Waals surface area contributed by atoms with Gasteiger partial charge in [-0.05, 0) is 84.1 Å². The van der Waals surface area contributed by atoms with Crippen molar-refractivity contribution < 1.29 is 24.0 Å². The Morgan fingerprint density at radius 2 is 1.68 bits per heavy atom. The highest BCUT2D eigenvalue weighted by atomic mass is 32.1. The van der Waals surface area contributed by atoms with Gasteiger partial charge in [-0.2, -0.15) is 0 Å². The Labute approximate surface area is 231 Å². The van der Waals surface area contributed by atoms with Crippen LogP contribution >= 0.6 is 11.3 Å². The third-order valence-electron chi connectivity index (χ3n) is 7.59. The van der Waals surface area contributed by atoms with Crippen molar-refractivity contribution in [2.45, 2.75) is 91.2 Å². The Bertz CT molecular complexity index is 1190. The quantitative estimate of drug-likeness (QED) is 0.351. The molecule has 0 spiro atoms. The molecule has 7 heteroatoms. The lowest BCUT2D eigenvalue weighted by molar-refractivity contribution is -0.671.